The van der Waals surface area contributed by atoms with Crippen molar-refractivity contribution in [1.29, 1.82) is 0 Å². The summed E-state index contributed by atoms with van der Waals surface area (Å²) in [6.07, 6.45) is 7.47. The molecule has 0 radical (unpaired) electrons. The third-order valence-electron chi connectivity index (χ3n) is 5.46. The van der Waals surface area contributed by atoms with E-state index in [2.05, 4.69) is 11.3 Å². The summed E-state index contributed by atoms with van der Waals surface area (Å²) in [6.45, 7) is 5.10. The third-order valence-corrected chi connectivity index (χ3v) is 7.37. The molecule has 1 aliphatic heterocycles. The number of likely N-dealkylation sites (tertiary alicyclic amines) is 1. The molecule has 2 fully saturated rings. The Labute approximate surface area is 160 Å². The van der Waals surface area contributed by atoms with Gasteiger partial charge in [0.15, 0.2) is 0 Å². The Bertz CT molecular complexity index is 794. The molecule has 1 saturated carbocycles. The van der Waals surface area contributed by atoms with E-state index < -0.39 is 10.0 Å². The molecule has 5 nitrogen and oxygen atoms in total. The molecular formula is C19H25ClN2O3S. The average Bonchev–Trinajstić information content (AvgIpc) is 2.65. The summed E-state index contributed by atoms with van der Waals surface area (Å²) < 4.78 is 27.2. The van der Waals surface area contributed by atoms with Crippen molar-refractivity contribution in [3.8, 4) is 0 Å². The molecule has 1 saturated heterocycles. The molecule has 0 aromatic heterocycles. The molecule has 1 heterocycles. The Morgan fingerprint density at radius 2 is 2.00 bits per heavy atom. The minimum Gasteiger partial charge on any atom is -0.338 e. The van der Waals surface area contributed by atoms with Gasteiger partial charge in [-0.15, -0.1) is 6.58 Å². The summed E-state index contributed by atoms with van der Waals surface area (Å²) in [5, 5.41) is 0.101. The number of halogens is 1. The Hall–Kier alpha value is -1.37. The molecule has 142 valence electrons. The number of nitrogens with one attached hydrogen (secondary N) is 1. The minimum atomic E-state index is -3.78. The summed E-state index contributed by atoms with van der Waals surface area (Å²) in [7, 11) is -3.78. The lowest BCUT2D eigenvalue weighted by molar-refractivity contribution is 0.0520. The standard InChI is InChI=1S/C19H25ClN2O3S/c1-2-10-21-26(24,25)18-12-15(7-8-17(18)20)19(23)22-11-9-14-5-3-4-6-16(14)13-22/h2,7-8,12,14,16,21H,1,3-6,9-11,13H2/t14-,16-/m0/s1. The van der Waals surface area contributed by atoms with Crippen LogP contribution in [0.5, 0.6) is 0 Å². The van der Waals surface area contributed by atoms with Gasteiger partial charge in [-0.2, -0.15) is 0 Å². The first-order chi connectivity index (χ1) is 12.4. The second-order valence-electron chi connectivity index (χ2n) is 7.13. The van der Waals surface area contributed by atoms with Crippen molar-refractivity contribution >= 4 is 27.5 Å². The van der Waals surface area contributed by atoms with Gasteiger partial charge >= 0.3 is 0 Å². The average molecular weight is 397 g/mol. The SMILES string of the molecule is C=CCNS(=O)(=O)c1cc(C(=O)N2CC[C@@H]3CCCC[C@H]3C2)ccc1Cl. The summed E-state index contributed by atoms with van der Waals surface area (Å²) in [5.41, 5.74) is 0.364. The molecule has 7 heteroatoms. The van der Waals surface area contributed by atoms with E-state index in [1.54, 1.807) is 6.07 Å². The molecule has 26 heavy (non-hydrogen) atoms. The van der Waals surface area contributed by atoms with E-state index in [0.717, 1.165) is 25.4 Å². The van der Waals surface area contributed by atoms with Crippen LogP contribution in [0.2, 0.25) is 5.02 Å². The minimum absolute atomic E-state index is 0.0700. The number of sulfonamides is 1. The van der Waals surface area contributed by atoms with Gasteiger partial charge in [0.2, 0.25) is 10.0 Å². The molecule has 1 aliphatic carbocycles. The second kappa shape index (κ2) is 8.11. The number of amides is 1. The van der Waals surface area contributed by atoms with E-state index in [9.17, 15) is 13.2 Å². The molecular weight excluding hydrogens is 372 g/mol. The highest BCUT2D eigenvalue weighted by atomic mass is 35.5. The number of piperidine rings is 1. The molecule has 2 aliphatic rings. The number of carbonyl (C=O) groups is 1. The zero-order chi connectivity index (χ0) is 18.7. The summed E-state index contributed by atoms with van der Waals surface area (Å²) in [6, 6.07) is 4.46. The number of nitrogens with zero attached hydrogens (tertiary/aromatic N) is 1. The van der Waals surface area contributed by atoms with Crippen molar-refractivity contribution < 1.29 is 13.2 Å². The van der Waals surface area contributed by atoms with Gasteiger partial charge in [-0.05, 0) is 42.9 Å². The van der Waals surface area contributed by atoms with Crippen molar-refractivity contribution in [3.05, 3.63) is 41.4 Å². The van der Waals surface area contributed by atoms with E-state index in [0.29, 0.717) is 11.5 Å². The Kier molecular flexibility index (Phi) is 6.05. The van der Waals surface area contributed by atoms with E-state index >= 15 is 0 Å². The fourth-order valence-corrected chi connectivity index (χ4v) is 5.58. The number of rotatable bonds is 5. The Morgan fingerprint density at radius 1 is 1.27 bits per heavy atom. The number of fused-ring (bicyclic) bond motifs is 1. The zero-order valence-corrected chi connectivity index (χ0v) is 16.4. The van der Waals surface area contributed by atoms with Crippen LogP contribution in [0.1, 0.15) is 42.5 Å². The third kappa shape index (κ3) is 4.13. The highest BCUT2D eigenvalue weighted by Gasteiger charge is 2.33. The van der Waals surface area contributed by atoms with Gasteiger partial charge in [-0.3, -0.25) is 4.79 Å². The van der Waals surface area contributed by atoms with Crippen LogP contribution in [0, 0.1) is 11.8 Å². The summed E-state index contributed by atoms with van der Waals surface area (Å²) in [5.74, 6) is 1.19. The van der Waals surface area contributed by atoms with Crippen LogP contribution in [0.25, 0.3) is 0 Å². The van der Waals surface area contributed by atoms with E-state index in [1.807, 2.05) is 4.90 Å². The lowest BCUT2D eigenvalue weighted by atomic mass is 9.75. The largest absolute Gasteiger partial charge is 0.338 e. The maximum absolute atomic E-state index is 12.9. The second-order valence-corrected chi connectivity index (χ2v) is 9.27. The van der Waals surface area contributed by atoms with Crippen LogP contribution in [-0.4, -0.2) is 38.9 Å². The van der Waals surface area contributed by atoms with E-state index in [4.69, 9.17) is 11.6 Å². The van der Waals surface area contributed by atoms with E-state index in [-0.39, 0.29) is 22.4 Å². The Balaban J connectivity index is 1.79. The fourth-order valence-electron chi connectivity index (χ4n) is 4.06. The molecule has 1 aromatic carbocycles. The number of carbonyl (C=O) groups excluding carboxylic acids is 1. The maximum Gasteiger partial charge on any atom is 0.253 e. The van der Waals surface area contributed by atoms with Gasteiger partial charge in [0.05, 0.1) is 5.02 Å². The van der Waals surface area contributed by atoms with Gasteiger partial charge in [0.1, 0.15) is 4.90 Å². The van der Waals surface area contributed by atoms with Gasteiger partial charge in [0, 0.05) is 25.2 Å². The van der Waals surface area contributed by atoms with E-state index in [1.165, 1.54) is 43.9 Å². The van der Waals surface area contributed by atoms with Gasteiger partial charge in [-0.1, -0.05) is 36.9 Å². The first kappa shape index (κ1) is 19.4. The summed E-state index contributed by atoms with van der Waals surface area (Å²) >= 11 is 6.07. The van der Waals surface area contributed by atoms with Crippen molar-refractivity contribution in [1.82, 2.24) is 9.62 Å². The molecule has 3 rings (SSSR count). The van der Waals surface area contributed by atoms with Crippen LogP contribution in [0.3, 0.4) is 0 Å². The van der Waals surface area contributed by atoms with Crippen molar-refractivity contribution in [2.45, 2.75) is 37.0 Å². The fraction of sp³-hybridized carbons (Fsp3) is 0.526. The molecule has 1 N–H and O–H groups in total. The van der Waals surface area contributed by atoms with Crippen LogP contribution in [-0.2, 0) is 10.0 Å². The monoisotopic (exact) mass is 396 g/mol. The van der Waals surface area contributed by atoms with Crippen molar-refractivity contribution in [2.24, 2.45) is 11.8 Å². The molecule has 2 atom stereocenters. The number of hydrogen-bond donors (Lipinski definition) is 1. The van der Waals surface area contributed by atoms with Crippen LogP contribution in [0.15, 0.2) is 35.7 Å². The molecule has 0 spiro atoms. The van der Waals surface area contributed by atoms with Crippen LogP contribution >= 0.6 is 11.6 Å². The zero-order valence-electron chi connectivity index (χ0n) is 14.8. The van der Waals surface area contributed by atoms with Crippen molar-refractivity contribution in [2.75, 3.05) is 19.6 Å². The molecule has 0 unspecified atom stereocenters. The smallest absolute Gasteiger partial charge is 0.253 e. The topological polar surface area (TPSA) is 66.5 Å². The maximum atomic E-state index is 12.9. The van der Waals surface area contributed by atoms with Gasteiger partial charge in [0.25, 0.3) is 5.91 Å². The summed E-state index contributed by atoms with van der Waals surface area (Å²) in [4.78, 5) is 14.7. The number of benzene rings is 1. The highest BCUT2D eigenvalue weighted by molar-refractivity contribution is 7.89. The lowest BCUT2D eigenvalue weighted by Crippen LogP contribution is -2.44. The first-order valence-electron chi connectivity index (χ1n) is 9.12. The lowest BCUT2D eigenvalue weighted by Gasteiger charge is -2.41. The normalized spacial score (nSPS) is 23.3. The molecule has 0 bridgehead atoms. The first-order valence-corrected chi connectivity index (χ1v) is 11.0. The molecule has 1 aromatic rings. The quantitative estimate of drug-likeness (QED) is 0.775. The van der Waals surface area contributed by atoms with Gasteiger partial charge in [-0.25, -0.2) is 13.1 Å². The predicted molar refractivity (Wildman–Crippen MR) is 103 cm³/mol. The highest BCUT2D eigenvalue weighted by Crippen LogP contribution is 2.36. The van der Waals surface area contributed by atoms with Crippen molar-refractivity contribution in [3.63, 3.8) is 0 Å². The number of hydrogen-bond acceptors (Lipinski definition) is 3. The molecule has 1 amide bonds. The van der Waals surface area contributed by atoms with Crippen LogP contribution in [0.4, 0.5) is 0 Å². The Morgan fingerprint density at radius 3 is 2.73 bits per heavy atom. The van der Waals surface area contributed by atoms with Crippen LogP contribution < -0.4 is 4.72 Å². The van der Waals surface area contributed by atoms with Gasteiger partial charge < -0.3 is 4.90 Å². The predicted octanol–water partition coefficient (Wildman–Crippen LogP) is 3.46.